The summed E-state index contributed by atoms with van der Waals surface area (Å²) in [6.07, 6.45) is 0. The highest BCUT2D eigenvalue weighted by Crippen LogP contribution is 2.63. The molecule has 0 unspecified atom stereocenters. The van der Waals surface area contributed by atoms with Crippen molar-refractivity contribution in [1.82, 2.24) is 19.5 Å². The van der Waals surface area contributed by atoms with Gasteiger partial charge in [-0.15, -0.1) is 11.3 Å². The van der Waals surface area contributed by atoms with Crippen molar-refractivity contribution in [3.8, 4) is 107 Å². The van der Waals surface area contributed by atoms with Crippen molar-refractivity contribution in [2.45, 2.75) is 5.41 Å². The number of nitrogens with zero attached hydrogens (tertiary/aromatic N) is 4. The Morgan fingerprint density at radius 2 is 0.713 bits per heavy atom. The molecule has 16 aromatic rings. The first-order chi connectivity index (χ1) is 43.1. The van der Waals surface area contributed by atoms with E-state index in [-0.39, 0.29) is 0 Å². The minimum Gasteiger partial charge on any atom is -0.309 e. The van der Waals surface area contributed by atoms with E-state index in [0.717, 1.165) is 61.1 Å². The van der Waals surface area contributed by atoms with Gasteiger partial charge in [0.1, 0.15) is 0 Å². The number of fused-ring (bicyclic) bond motifs is 16. The molecule has 0 bridgehead atoms. The Morgan fingerprint density at radius 1 is 0.253 bits per heavy atom. The van der Waals surface area contributed by atoms with Crippen LogP contribution < -0.4 is 0 Å². The second-order valence-electron chi connectivity index (χ2n) is 23.0. The summed E-state index contributed by atoms with van der Waals surface area (Å²) in [4.78, 5) is 16.0. The Bertz CT molecular complexity index is 5350. The van der Waals surface area contributed by atoms with Gasteiger partial charge in [-0.25, -0.2) is 15.0 Å². The highest BCUT2D eigenvalue weighted by atomic mass is 32.1. The van der Waals surface area contributed by atoms with E-state index in [1.165, 1.54) is 92.2 Å². The van der Waals surface area contributed by atoms with Gasteiger partial charge in [0.05, 0.1) is 16.4 Å². The molecule has 0 atom stereocenters. The lowest BCUT2D eigenvalue weighted by molar-refractivity contribution is 0.792. The Balaban J connectivity index is 0.759. The highest BCUT2D eigenvalue weighted by Gasteiger charge is 2.51. The largest absolute Gasteiger partial charge is 0.309 e. The van der Waals surface area contributed by atoms with E-state index in [0.29, 0.717) is 17.5 Å². The smallest absolute Gasteiger partial charge is 0.164 e. The van der Waals surface area contributed by atoms with Crippen LogP contribution in [0.15, 0.2) is 303 Å². The Morgan fingerprint density at radius 3 is 1.38 bits per heavy atom. The molecule has 1 spiro atoms. The van der Waals surface area contributed by atoms with Crippen molar-refractivity contribution in [3.63, 3.8) is 0 Å². The van der Waals surface area contributed by atoms with Crippen LogP contribution >= 0.6 is 11.3 Å². The molecular formula is C82H50N4S. The molecule has 0 amide bonds. The molecule has 404 valence electrons. The predicted molar refractivity (Wildman–Crippen MR) is 361 cm³/mol. The molecule has 0 saturated heterocycles. The number of thiophene rings is 1. The molecule has 0 N–H and O–H groups in total. The van der Waals surface area contributed by atoms with Gasteiger partial charge < -0.3 is 4.57 Å². The molecule has 3 heterocycles. The quantitative estimate of drug-likeness (QED) is 0.152. The minimum absolute atomic E-state index is 0.432. The second-order valence-corrected chi connectivity index (χ2v) is 24.1. The van der Waals surface area contributed by atoms with Crippen molar-refractivity contribution in [2.75, 3.05) is 0 Å². The van der Waals surface area contributed by atoms with Crippen LogP contribution in [0.3, 0.4) is 0 Å². The molecule has 0 saturated carbocycles. The fourth-order valence-electron chi connectivity index (χ4n) is 14.4. The fraction of sp³-hybridized carbons (Fsp3) is 0.0122. The van der Waals surface area contributed by atoms with Crippen molar-refractivity contribution >= 4 is 53.3 Å². The number of hydrogen-bond acceptors (Lipinski definition) is 4. The van der Waals surface area contributed by atoms with Gasteiger partial charge in [-0.3, -0.25) is 0 Å². The SMILES string of the molecule is c1ccc(-c2cc(-c3ccccc3)cc(-c3cccc(-c4nc(-c5ccccc5)nc(-c5cccc6sc7ccc(-c8ccc9c(c8)c8ccccc8n9-c8ccc9c(c8)C8(c%10ccccc%10-c%10ccccc%108)c8ccccc8-9)cc7c56)n4)c3)c2)cc1. The summed E-state index contributed by atoms with van der Waals surface area (Å²) in [5.41, 5.74) is 25.6. The fourth-order valence-corrected chi connectivity index (χ4v) is 15.5. The lowest BCUT2D eigenvalue weighted by atomic mass is 9.70. The lowest BCUT2D eigenvalue weighted by Crippen LogP contribution is -2.26. The second kappa shape index (κ2) is 19.5. The van der Waals surface area contributed by atoms with Crippen LogP contribution in [0.2, 0.25) is 0 Å². The summed E-state index contributed by atoms with van der Waals surface area (Å²) in [6, 6.07) is 111. The van der Waals surface area contributed by atoms with Crippen LogP contribution in [0.5, 0.6) is 0 Å². The van der Waals surface area contributed by atoms with Crippen molar-refractivity contribution < 1.29 is 0 Å². The molecule has 3 aromatic heterocycles. The first-order valence-corrected chi connectivity index (χ1v) is 30.5. The molecule has 0 aliphatic heterocycles. The maximum Gasteiger partial charge on any atom is 0.164 e. The van der Waals surface area contributed by atoms with Crippen molar-refractivity contribution in [2.24, 2.45) is 0 Å². The molecule has 2 aliphatic rings. The van der Waals surface area contributed by atoms with E-state index in [1.807, 2.05) is 29.5 Å². The standard InChI is InChI=1S/C82H50N4S/c1-4-20-51(21-5-1)58-45-59(52-22-6-2-7-23-52)47-60(46-58)54-26-18-27-57(44-54)80-83-79(53-24-8-3-9-25-53)84-81(85-80)67-32-19-37-77-78(67)69-49-56(39-43-76(69)87-77)55-38-42-75-68(48-55)66-31-13-17-36-74(66)86(75)61-40-41-65-64-30-12-16-35-72(64)82(73(65)50-61)70-33-14-10-28-62(70)63-29-11-15-34-71(63)82/h1-50H. The van der Waals surface area contributed by atoms with Gasteiger partial charge >= 0.3 is 0 Å². The summed E-state index contributed by atoms with van der Waals surface area (Å²) in [6.45, 7) is 0. The van der Waals surface area contributed by atoms with Gasteiger partial charge in [0.2, 0.25) is 0 Å². The lowest BCUT2D eigenvalue weighted by Gasteiger charge is -2.30. The number of benzene rings is 13. The van der Waals surface area contributed by atoms with Gasteiger partial charge in [0.25, 0.3) is 0 Å². The molecule has 0 radical (unpaired) electrons. The Hall–Kier alpha value is -11.1. The van der Waals surface area contributed by atoms with Crippen LogP contribution in [0.25, 0.3) is 149 Å². The number of rotatable bonds is 8. The third-order valence-electron chi connectivity index (χ3n) is 18.2. The van der Waals surface area contributed by atoms with Crippen LogP contribution in [0, 0.1) is 0 Å². The van der Waals surface area contributed by atoms with Crippen LogP contribution in [-0.2, 0) is 5.41 Å². The van der Waals surface area contributed by atoms with Gasteiger partial charge in [-0.2, -0.15) is 0 Å². The zero-order valence-electron chi connectivity index (χ0n) is 47.1. The molecular weight excluding hydrogens is 1070 g/mol. The summed E-state index contributed by atoms with van der Waals surface area (Å²) >= 11 is 1.81. The normalized spacial score (nSPS) is 12.7. The van der Waals surface area contributed by atoms with E-state index >= 15 is 0 Å². The number of hydrogen-bond donors (Lipinski definition) is 0. The van der Waals surface area contributed by atoms with E-state index in [4.69, 9.17) is 15.0 Å². The summed E-state index contributed by atoms with van der Waals surface area (Å²) in [5.74, 6) is 1.88. The molecule has 13 aromatic carbocycles. The monoisotopic (exact) mass is 1120 g/mol. The highest BCUT2D eigenvalue weighted by molar-refractivity contribution is 7.26. The maximum atomic E-state index is 5.42. The van der Waals surface area contributed by atoms with Crippen LogP contribution in [0.1, 0.15) is 22.3 Å². The Labute approximate surface area is 507 Å². The summed E-state index contributed by atoms with van der Waals surface area (Å²) in [7, 11) is 0. The molecule has 2 aliphatic carbocycles. The third-order valence-corrected chi connectivity index (χ3v) is 19.4. The topological polar surface area (TPSA) is 43.6 Å². The van der Waals surface area contributed by atoms with Gasteiger partial charge in [0.15, 0.2) is 17.5 Å². The van der Waals surface area contributed by atoms with Gasteiger partial charge in [0, 0.05) is 53.3 Å². The first-order valence-electron chi connectivity index (χ1n) is 29.7. The van der Waals surface area contributed by atoms with E-state index < -0.39 is 5.41 Å². The van der Waals surface area contributed by atoms with E-state index in [2.05, 4.69) is 290 Å². The molecule has 18 rings (SSSR count). The van der Waals surface area contributed by atoms with Crippen LogP contribution in [-0.4, -0.2) is 19.5 Å². The molecule has 0 fully saturated rings. The average molecular weight is 1120 g/mol. The molecule has 4 nitrogen and oxygen atoms in total. The minimum atomic E-state index is -0.432. The molecule has 87 heavy (non-hydrogen) atoms. The zero-order chi connectivity index (χ0) is 57.2. The van der Waals surface area contributed by atoms with Gasteiger partial charge in [-0.1, -0.05) is 231 Å². The number of aromatic nitrogens is 4. The van der Waals surface area contributed by atoms with Crippen LogP contribution in [0.4, 0.5) is 0 Å². The average Bonchev–Trinajstić information content (AvgIpc) is 1.57. The predicted octanol–water partition coefficient (Wildman–Crippen LogP) is 21.3. The maximum absolute atomic E-state index is 5.42. The van der Waals surface area contributed by atoms with Crippen molar-refractivity contribution in [1.29, 1.82) is 0 Å². The van der Waals surface area contributed by atoms with Crippen molar-refractivity contribution in [3.05, 3.63) is 326 Å². The van der Waals surface area contributed by atoms with E-state index in [1.54, 1.807) is 0 Å². The summed E-state index contributed by atoms with van der Waals surface area (Å²) < 4.78 is 4.87. The number of para-hydroxylation sites is 1. The van der Waals surface area contributed by atoms with E-state index in [9.17, 15) is 0 Å². The zero-order valence-corrected chi connectivity index (χ0v) is 47.9. The molecule has 5 heteroatoms. The van der Waals surface area contributed by atoms with Gasteiger partial charge in [-0.05, 0) is 162 Å². The first kappa shape index (κ1) is 49.3. The third kappa shape index (κ3) is 7.66. The Kier molecular flexibility index (Phi) is 11.0. The summed E-state index contributed by atoms with van der Waals surface area (Å²) in [5, 5.41) is 4.74.